The Morgan fingerprint density at radius 1 is 1.22 bits per heavy atom. The summed E-state index contributed by atoms with van der Waals surface area (Å²) >= 11 is 0. The fraction of sp³-hybridized carbons (Fsp3) is 0.565. The van der Waals surface area contributed by atoms with Gasteiger partial charge in [0.15, 0.2) is 17.1 Å². The van der Waals surface area contributed by atoms with Gasteiger partial charge in [0.2, 0.25) is 0 Å². The number of unbranched alkanes of at least 4 members (excludes halogenated alkanes) is 1. The summed E-state index contributed by atoms with van der Waals surface area (Å²) in [4.78, 5) is 2.51. The van der Waals surface area contributed by atoms with Crippen molar-refractivity contribution in [2.45, 2.75) is 56.1 Å². The van der Waals surface area contributed by atoms with Gasteiger partial charge in [0.05, 0.1) is 19.6 Å². The minimum atomic E-state index is -0.451. The summed E-state index contributed by atoms with van der Waals surface area (Å²) < 4.78 is 18.7. The van der Waals surface area contributed by atoms with Gasteiger partial charge >= 0.3 is 0 Å². The normalized spacial score (nSPS) is 33.0. The minimum Gasteiger partial charge on any atom is -0.497 e. The van der Waals surface area contributed by atoms with Crippen molar-refractivity contribution in [1.29, 1.82) is 0 Å². The zero-order chi connectivity index (χ0) is 18.8. The first-order chi connectivity index (χ1) is 13.1. The zero-order valence-electron chi connectivity index (χ0n) is 16.8. The Bertz CT molecular complexity index is 857. The van der Waals surface area contributed by atoms with E-state index in [4.69, 9.17) is 14.2 Å². The lowest BCUT2D eigenvalue weighted by Gasteiger charge is -2.57. The van der Waals surface area contributed by atoms with Crippen LogP contribution in [-0.4, -0.2) is 44.4 Å². The van der Waals surface area contributed by atoms with Crippen LogP contribution in [0.3, 0.4) is 0 Å². The molecule has 1 aromatic carbocycles. The van der Waals surface area contributed by atoms with E-state index < -0.39 is 5.60 Å². The van der Waals surface area contributed by atoms with E-state index in [1.165, 1.54) is 16.7 Å². The lowest BCUT2D eigenvalue weighted by Crippen LogP contribution is -2.64. The highest BCUT2D eigenvalue weighted by atomic mass is 16.6. The van der Waals surface area contributed by atoms with E-state index >= 15 is 0 Å². The van der Waals surface area contributed by atoms with Crippen molar-refractivity contribution in [3.05, 3.63) is 46.7 Å². The van der Waals surface area contributed by atoms with Gasteiger partial charge in [-0.1, -0.05) is 25.5 Å². The van der Waals surface area contributed by atoms with Crippen molar-refractivity contribution in [2.24, 2.45) is 0 Å². The fourth-order valence-corrected chi connectivity index (χ4v) is 6.17. The van der Waals surface area contributed by atoms with Crippen molar-refractivity contribution >= 4 is 0 Å². The van der Waals surface area contributed by atoms with Crippen LogP contribution in [0, 0.1) is 0 Å². The summed E-state index contributed by atoms with van der Waals surface area (Å²) in [7, 11) is 5.78. The zero-order valence-corrected chi connectivity index (χ0v) is 16.8. The van der Waals surface area contributed by atoms with Gasteiger partial charge in [-0.05, 0) is 62.6 Å². The van der Waals surface area contributed by atoms with Crippen LogP contribution in [0.5, 0.6) is 11.5 Å². The first-order valence-electron chi connectivity index (χ1n) is 10.2. The van der Waals surface area contributed by atoms with Crippen LogP contribution >= 0.6 is 0 Å². The van der Waals surface area contributed by atoms with Crippen LogP contribution in [0.4, 0.5) is 0 Å². The van der Waals surface area contributed by atoms with Gasteiger partial charge in [0.1, 0.15) is 5.76 Å². The number of hydrogen-bond acceptors (Lipinski definition) is 4. The Kier molecular flexibility index (Phi) is 3.68. The molecule has 144 valence electrons. The maximum Gasteiger partial charge on any atom is 0.179 e. The number of rotatable bonds is 5. The third-order valence-electron chi connectivity index (χ3n) is 7.37. The molecule has 2 heterocycles. The van der Waals surface area contributed by atoms with Crippen LogP contribution < -0.4 is 9.47 Å². The second kappa shape index (κ2) is 5.78. The molecule has 0 radical (unpaired) electrons. The van der Waals surface area contributed by atoms with Crippen LogP contribution in [0.25, 0.3) is 0 Å². The SMILES string of the molecule is CCCC[C@]12Oc3c(OC)ccc4c3[C@@]13CCN(C)[C@H](C4)C3=CC=C2OC. The highest BCUT2D eigenvalue weighted by Crippen LogP contribution is 2.67. The summed E-state index contributed by atoms with van der Waals surface area (Å²) in [5.74, 6) is 2.76. The van der Waals surface area contributed by atoms with Crippen molar-refractivity contribution in [1.82, 2.24) is 4.90 Å². The molecule has 0 saturated carbocycles. The summed E-state index contributed by atoms with van der Waals surface area (Å²) in [6, 6.07) is 4.77. The van der Waals surface area contributed by atoms with E-state index in [9.17, 15) is 0 Å². The molecule has 0 N–H and O–H groups in total. The summed E-state index contributed by atoms with van der Waals surface area (Å²) in [6.45, 7) is 3.32. The molecule has 5 rings (SSSR count). The third-order valence-corrected chi connectivity index (χ3v) is 7.37. The maximum absolute atomic E-state index is 6.95. The van der Waals surface area contributed by atoms with Crippen molar-refractivity contribution in [3.8, 4) is 11.5 Å². The average Bonchev–Trinajstić information content (AvgIpc) is 2.99. The highest BCUT2D eigenvalue weighted by molar-refractivity contribution is 5.69. The number of likely N-dealkylation sites (N-methyl/N-ethyl adjacent to an activating group) is 1. The molecule has 4 heteroatoms. The van der Waals surface area contributed by atoms with Crippen molar-refractivity contribution in [2.75, 3.05) is 27.8 Å². The molecule has 2 aliphatic heterocycles. The quantitative estimate of drug-likeness (QED) is 0.788. The van der Waals surface area contributed by atoms with Gasteiger partial charge in [0.25, 0.3) is 0 Å². The Morgan fingerprint density at radius 3 is 2.81 bits per heavy atom. The topological polar surface area (TPSA) is 30.9 Å². The Morgan fingerprint density at radius 2 is 2.07 bits per heavy atom. The molecule has 2 aliphatic carbocycles. The number of likely N-dealkylation sites (tertiary alicyclic amines) is 1. The van der Waals surface area contributed by atoms with Gasteiger partial charge in [-0.15, -0.1) is 0 Å². The molecule has 1 spiro atoms. The van der Waals surface area contributed by atoms with Crippen LogP contribution in [0.2, 0.25) is 0 Å². The Balaban J connectivity index is 1.84. The average molecular weight is 367 g/mol. The molecular weight excluding hydrogens is 338 g/mol. The van der Waals surface area contributed by atoms with Crippen molar-refractivity contribution < 1.29 is 14.2 Å². The highest BCUT2D eigenvalue weighted by Gasteiger charge is 2.69. The molecule has 3 atom stereocenters. The van der Waals surface area contributed by atoms with Gasteiger partial charge in [-0.25, -0.2) is 0 Å². The molecule has 1 saturated heterocycles. The number of hydrogen-bond donors (Lipinski definition) is 0. The summed E-state index contributed by atoms with van der Waals surface area (Å²) in [5.41, 5.74) is 3.71. The molecule has 0 aromatic heterocycles. The van der Waals surface area contributed by atoms with E-state index in [1.54, 1.807) is 14.2 Å². The minimum absolute atomic E-state index is 0.128. The number of piperidine rings is 1. The number of nitrogens with zero attached hydrogens (tertiary/aromatic N) is 1. The predicted octanol–water partition coefficient (Wildman–Crippen LogP) is 3.98. The second-order valence-electron chi connectivity index (χ2n) is 8.38. The molecule has 0 amide bonds. The van der Waals surface area contributed by atoms with E-state index in [0.717, 1.165) is 55.9 Å². The molecule has 0 unspecified atom stereocenters. The van der Waals surface area contributed by atoms with Gasteiger partial charge in [0, 0.05) is 11.6 Å². The van der Waals surface area contributed by atoms with Gasteiger partial charge in [-0.2, -0.15) is 0 Å². The predicted molar refractivity (Wildman–Crippen MR) is 105 cm³/mol. The fourth-order valence-electron chi connectivity index (χ4n) is 6.17. The molecule has 4 aliphatic rings. The summed E-state index contributed by atoms with van der Waals surface area (Å²) in [5, 5.41) is 0. The smallest absolute Gasteiger partial charge is 0.179 e. The van der Waals surface area contributed by atoms with Crippen LogP contribution in [-0.2, 0) is 16.6 Å². The molecule has 1 fully saturated rings. The molecular formula is C23H29NO3. The van der Waals surface area contributed by atoms with E-state index in [2.05, 4.69) is 43.2 Å². The van der Waals surface area contributed by atoms with E-state index in [-0.39, 0.29) is 5.41 Å². The standard InChI is InChI=1S/C23H29NO3/c1-5-6-11-23-19(26-4)10-8-16-17-14-15-7-9-18(25-3)21(27-23)20(15)22(16,23)12-13-24(17)2/h7-10,17H,5-6,11-14H2,1-4H3/t17-,22+,23-/m1/s1. The Labute approximate surface area is 161 Å². The number of methoxy groups -OCH3 is 2. The molecule has 27 heavy (non-hydrogen) atoms. The first kappa shape index (κ1) is 17.2. The summed E-state index contributed by atoms with van der Waals surface area (Å²) in [6.07, 6.45) is 9.81. The number of ether oxygens (including phenoxy) is 3. The van der Waals surface area contributed by atoms with E-state index in [0.29, 0.717) is 6.04 Å². The van der Waals surface area contributed by atoms with Gasteiger partial charge < -0.3 is 14.2 Å². The number of allylic oxidation sites excluding steroid dienone is 2. The van der Waals surface area contributed by atoms with Crippen LogP contribution in [0.15, 0.2) is 35.6 Å². The monoisotopic (exact) mass is 367 g/mol. The van der Waals surface area contributed by atoms with Crippen LogP contribution in [0.1, 0.15) is 43.7 Å². The Hall–Kier alpha value is -1.94. The molecule has 4 nitrogen and oxygen atoms in total. The maximum atomic E-state index is 6.95. The largest absolute Gasteiger partial charge is 0.497 e. The van der Waals surface area contributed by atoms with Gasteiger partial charge in [-0.3, -0.25) is 4.90 Å². The molecule has 1 aromatic rings. The lowest BCUT2D eigenvalue weighted by atomic mass is 9.51. The second-order valence-corrected chi connectivity index (χ2v) is 8.38. The number of benzene rings is 1. The van der Waals surface area contributed by atoms with Crippen molar-refractivity contribution in [3.63, 3.8) is 0 Å². The third kappa shape index (κ3) is 1.87. The lowest BCUT2D eigenvalue weighted by molar-refractivity contribution is -0.0209. The first-order valence-corrected chi connectivity index (χ1v) is 10.2. The van der Waals surface area contributed by atoms with E-state index in [1.807, 2.05) is 0 Å². The molecule has 2 bridgehead atoms.